The van der Waals surface area contributed by atoms with E-state index < -0.39 is 0 Å². The molecule has 0 atom stereocenters. The van der Waals surface area contributed by atoms with E-state index in [1.807, 2.05) is 0 Å². The Kier molecular flexibility index (Phi) is 15.4. The molecule has 0 spiro atoms. The summed E-state index contributed by atoms with van der Waals surface area (Å²) in [5, 5.41) is 0. The van der Waals surface area contributed by atoms with Crippen LogP contribution in [0.2, 0.25) is 0 Å². The van der Waals surface area contributed by atoms with Gasteiger partial charge in [-0.15, -0.1) is 0 Å². The zero-order valence-corrected chi connectivity index (χ0v) is 27.6. The first-order valence-electron chi connectivity index (χ1n) is 14.6. The Morgan fingerprint density at radius 1 is 0.457 bits per heavy atom. The standard InChI is InChI=1S/C32H48Se3/c1-3-5-7-9-11-13-15-17-19-27-23-25-33-31(27)29-21-22-30(35-29)32-28(24-26-34-32)20-18-16-14-12-10-8-6-4-2/h21-26H,3-20H2,1-2H3. The molecule has 0 aliphatic heterocycles. The Bertz CT molecular complexity index is 840. The summed E-state index contributed by atoms with van der Waals surface area (Å²) in [7, 11) is 0. The summed E-state index contributed by atoms with van der Waals surface area (Å²) in [6.45, 7) is 4.61. The predicted octanol–water partition coefficient (Wildman–Crippen LogP) is 9.56. The molecule has 0 bridgehead atoms. The van der Waals surface area contributed by atoms with Crippen LogP contribution in [0.5, 0.6) is 0 Å². The summed E-state index contributed by atoms with van der Waals surface area (Å²) in [6, 6.07) is 9.95. The van der Waals surface area contributed by atoms with Crippen molar-refractivity contribution in [3.63, 3.8) is 0 Å². The molecule has 0 saturated carbocycles. The van der Waals surface area contributed by atoms with E-state index >= 15 is 0 Å². The van der Waals surface area contributed by atoms with Gasteiger partial charge in [0.2, 0.25) is 0 Å². The number of hydrogen-bond acceptors (Lipinski definition) is 0. The zero-order chi connectivity index (χ0) is 24.6. The molecule has 0 nitrogen and oxygen atoms in total. The molecular weight excluding hydrogens is 621 g/mol. The summed E-state index contributed by atoms with van der Waals surface area (Å²) in [6.07, 6.45) is 25.3. The van der Waals surface area contributed by atoms with Crippen molar-refractivity contribution in [3.8, 4) is 17.7 Å². The van der Waals surface area contributed by atoms with Crippen molar-refractivity contribution in [1.82, 2.24) is 0 Å². The van der Waals surface area contributed by atoms with Crippen LogP contribution in [0, 0.1) is 0 Å². The van der Waals surface area contributed by atoms with Gasteiger partial charge in [0, 0.05) is 0 Å². The summed E-state index contributed by atoms with van der Waals surface area (Å²) >= 11 is 1.67. The van der Waals surface area contributed by atoms with Gasteiger partial charge in [-0.2, -0.15) is 0 Å². The Morgan fingerprint density at radius 2 is 0.829 bits per heavy atom. The number of hydrogen-bond donors (Lipinski definition) is 0. The van der Waals surface area contributed by atoms with Crippen molar-refractivity contribution in [3.05, 3.63) is 45.3 Å². The summed E-state index contributed by atoms with van der Waals surface area (Å²) in [4.78, 5) is 4.96. The van der Waals surface area contributed by atoms with Gasteiger partial charge in [0.05, 0.1) is 0 Å². The Morgan fingerprint density at radius 3 is 1.23 bits per heavy atom. The van der Waals surface area contributed by atoms with Crippen LogP contribution in [-0.2, 0) is 12.8 Å². The van der Waals surface area contributed by atoms with Crippen molar-refractivity contribution in [2.45, 2.75) is 129 Å². The van der Waals surface area contributed by atoms with E-state index in [1.165, 1.54) is 116 Å². The zero-order valence-electron chi connectivity index (χ0n) is 22.4. The monoisotopic (exact) mass is 672 g/mol. The quantitative estimate of drug-likeness (QED) is 0.0831. The molecule has 194 valence electrons. The van der Waals surface area contributed by atoms with E-state index in [4.69, 9.17) is 0 Å². The van der Waals surface area contributed by atoms with Crippen molar-refractivity contribution in [2.75, 3.05) is 0 Å². The third-order valence-corrected chi connectivity index (χ3v) is 15.0. The molecule has 3 heteroatoms. The maximum absolute atomic E-state index is 2.50. The minimum atomic E-state index is 0.529. The Hall–Kier alpha value is -0.00156. The molecule has 0 radical (unpaired) electrons. The van der Waals surface area contributed by atoms with E-state index in [0.717, 1.165) is 0 Å². The summed E-state index contributed by atoms with van der Waals surface area (Å²) < 4.78 is 6.90. The molecule has 3 aromatic heterocycles. The maximum atomic E-state index is 2.50. The first-order valence-corrected chi connectivity index (χ1v) is 20.0. The Balaban J connectivity index is 1.44. The molecular formula is C32H48Se3. The van der Waals surface area contributed by atoms with Crippen molar-refractivity contribution in [2.24, 2.45) is 0 Å². The normalized spacial score (nSPS) is 11.5. The van der Waals surface area contributed by atoms with E-state index in [-0.39, 0.29) is 0 Å². The van der Waals surface area contributed by atoms with Gasteiger partial charge in [0.1, 0.15) is 0 Å². The molecule has 0 amide bonds. The second kappa shape index (κ2) is 18.3. The molecule has 0 fully saturated rings. The number of aryl methyl sites for hydroxylation is 2. The van der Waals surface area contributed by atoms with Gasteiger partial charge in [-0.3, -0.25) is 0 Å². The summed E-state index contributed by atoms with van der Waals surface area (Å²) in [5.74, 6) is 0. The molecule has 3 aromatic rings. The summed E-state index contributed by atoms with van der Waals surface area (Å²) in [5.41, 5.74) is 3.36. The van der Waals surface area contributed by atoms with Gasteiger partial charge < -0.3 is 0 Å². The molecule has 3 heterocycles. The minimum absolute atomic E-state index is 0.529. The van der Waals surface area contributed by atoms with Crippen molar-refractivity contribution in [1.29, 1.82) is 0 Å². The second-order valence-corrected chi connectivity index (χ2v) is 16.3. The molecule has 0 N–H and O–H groups in total. The SMILES string of the molecule is CCCCCCCCCCc1cc[se]c1-c1ccc(-c2[se]ccc2CCCCCCCCCC)[se]1. The molecule has 35 heavy (non-hydrogen) atoms. The molecule has 0 aliphatic carbocycles. The molecule has 0 saturated heterocycles. The van der Waals surface area contributed by atoms with E-state index in [9.17, 15) is 0 Å². The van der Waals surface area contributed by atoms with Crippen LogP contribution in [0.4, 0.5) is 0 Å². The average Bonchev–Trinajstić information content (AvgIpc) is 3.63. The van der Waals surface area contributed by atoms with Crippen LogP contribution >= 0.6 is 0 Å². The van der Waals surface area contributed by atoms with Crippen LogP contribution in [-0.4, -0.2) is 43.5 Å². The third-order valence-electron chi connectivity index (χ3n) is 7.15. The van der Waals surface area contributed by atoms with Gasteiger partial charge in [-0.1, -0.05) is 0 Å². The van der Waals surface area contributed by atoms with Crippen LogP contribution < -0.4 is 0 Å². The van der Waals surface area contributed by atoms with Gasteiger partial charge in [-0.25, -0.2) is 0 Å². The van der Waals surface area contributed by atoms with Gasteiger partial charge in [0.15, 0.2) is 0 Å². The van der Waals surface area contributed by atoms with Gasteiger partial charge >= 0.3 is 236 Å². The average molecular weight is 670 g/mol. The first kappa shape index (κ1) is 29.6. The fourth-order valence-corrected chi connectivity index (χ4v) is 12.6. The second-order valence-electron chi connectivity index (χ2n) is 10.2. The first-order chi connectivity index (χ1) is 17.3. The van der Waals surface area contributed by atoms with Gasteiger partial charge in [-0.05, 0) is 0 Å². The number of rotatable bonds is 20. The molecule has 0 aromatic carbocycles. The van der Waals surface area contributed by atoms with Crippen LogP contribution in [0.1, 0.15) is 128 Å². The molecule has 0 unspecified atom stereocenters. The van der Waals surface area contributed by atoms with Crippen LogP contribution in [0.3, 0.4) is 0 Å². The Labute approximate surface area is 234 Å². The van der Waals surface area contributed by atoms with Crippen molar-refractivity contribution < 1.29 is 0 Å². The van der Waals surface area contributed by atoms with Crippen LogP contribution in [0.15, 0.2) is 34.1 Å². The fraction of sp³-hybridized carbons (Fsp3) is 0.625. The van der Waals surface area contributed by atoms with Gasteiger partial charge in [0.25, 0.3) is 0 Å². The van der Waals surface area contributed by atoms with Crippen molar-refractivity contribution >= 4 is 43.5 Å². The number of unbranched alkanes of at least 4 members (excludes halogenated alkanes) is 14. The predicted molar refractivity (Wildman–Crippen MR) is 161 cm³/mol. The van der Waals surface area contributed by atoms with E-state index in [2.05, 4.69) is 48.0 Å². The molecule has 0 aliphatic rings. The topological polar surface area (TPSA) is 0 Å². The third kappa shape index (κ3) is 10.7. The fourth-order valence-electron chi connectivity index (χ4n) is 4.98. The molecule has 3 rings (SSSR count). The van der Waals surface area contributed by atoms with E-state index in [0.29, 0.717) is 43.5 Å². The van der Waals surface area contributed by atoms with Crippen LogP contribution in [0.25, 0.3) is 17.7 Å². The van der Waals surface area contributed by atoms with E-state index in [1.54, 1.807) is 28.9 Å².